The molecule has 4 rings (SSSR count). The van der Waals surface area contributed by atoms with E-state index in [-0.39, 0.29) is 15.6 Å². The van der Waals surface area contributed by atoms with Crippen molar-refractivity contribution in [1.29, 1.82) is 0 Å². The molecule has 4 fully saturated rings. The Balaban J connectivity index is 1.92. The fourth-order valence-corrected chi connectivity index (χ4v) is 5.11. The van der Waals surface area contributed by atoms with Crippen molar-refractivity contribution in [2.45, 2.75) is 42.3 Å². The molecule has 2 nitrogen and oxygen atoms in total. The summed E-state index contributed by atoms with van der Waals surface area (Å²) in [7, 11) is 0. The van der Waals surface area contributed by atoms with Crippen LogP contribution in [0.1, 0.15) is 32.1 Å². The molecular weight excluding hydrogens is 291 g/mol. The summed E-state index contributed by atoms with van der Waals surface area (Å²) in [4.78, 5) is 0. The quantitative estimate of drug-likeness (QED) is 0.574. The fourth-order valence-electron chi connectivity index (χ4n) is 4.35. The normalized spacial score (nSPS) is 57.6. The number of hydrogen-bond donors (Lipinski definition) is 2. The molecule has 0 radical (unpaired) electrons. The minimum Gasteiger partial charge on any atom is -0.393 e. The van der Waals surface area contributed by atoms with Gasteiger partial charge in [0.05, 0.1) is 6.10 Å². The smallest absolute Gasteiger partial charge is 0.110 e. The van der Waals surface area contributed by atoms with E-state index in [0.717, 1.165) is 18.8 Å². The molecule has 0 heterocycles. The summed E-state index contributed by atoms with van der Waals surface area (Å²) in [5.41, 5.74) is 0.163. The first-order valence-corrected chi connectivity index (χ1v) is 6.85. The van der Waals surface area contributed by atoms with Gasteiger partial charge in [-0.05, 0) is 49.9 Å². The lowest BCUT2D eigenvalue weighted by atomic mass is 9.49. The van der Waals surface area contributed by atoms with E-state index < -0.39 is 0 Å². The topological polar surface area (TPSA) is 40.5 Å². The minimum atomic E-state index is -0.208. The fraction of sp³-hybridized carbons (Fsp3) is 1.00. The molecule has 0 aromatic heterocycles. The lowest BCUT2D eigenvalue weighted by molar-refractivity contribution is -0.151. The lowest BCUT2D eigenvalue weighted by Crippen LogP contribution is -2.56. The van der Waals surface area contributed by atoms with Gasteiger partial charge in [0.15, 0.2) is 0 Å². The predicted molar refractivity (Wildman–Crippen MR) is 62.0 cm³/mol. The van der Waals surface area contributed by atoms with Gasteiger partial charge in [0.1, 0.15) is 4.11 Å². The van der Waals surface area contributed by atoms with Crippen LogP contribution < -0.4 is 0 Å². The first kappa shape index (κ1) is 9.85. The van der Waals surface area contributed by atoms with Crippen LogP contribution in [0.15, 0.2) is 0 Å². The standard InChI is InChI=1S/C11H17IO2/c12-10(14)11-3-6-1-7(4-11)9(13)8(2-6)5-11/h6-10,13-14H,1-5H2/t6?,7?,8?,9?,10-,11?/m0/s1. The zero-order valence-corrected chi connectivity index (χ0v) is 10.4. The van der Waals surface area contributed by atoms with E-state index in [1.807, 2.05) is 0 Å². The van der Waals surface area contributed by atoms with Gasteiger partial charge in [0.2, 0.25) is 0 Å². The van der Waals surface area contributed by atoms with Crippen molar-refractivity contribution >= 4 is 22.6 Å². The maximum Gasteiger partial charge on any atom is 0.110 e. The van der Waals surface area contributed by atoms with E-state index in [9.17, 15) is 10.2 Å². The number of halogens is 1. The highest BCUT2D eigenvalue weighted by atomic mass is 127. The lowest BCUT2D eigenvalue weighted by Gasteiger charge is -2.59. The summed E-state index contributed by atoms with van der Waals surface area (Å²) < 4.78 is -0.208. The molecule has 80 valence electrons. The Hall–Kier alpha value is 0.650. The molecule has 4 saturated carbocycles. The molecule has 0 amide bonds. The molecule has 3 atom stereocenters. The summed E-state index contributed by atoms with van der Waals surface area (Å²) >= 11 is 2.17. The van der Waals surface area contributed by atoms with Crippen LogP contribution in [0.3, 0.4) is 0 Å². The highest BCUT2D eigenvalue weighted by Gasteiger charge is 2.57. The third kappa shape index (κ3) is 1.21. The number of rotatable bonds is 1. The molecule has 0 saturated heterocycles. The van der Waals surface area contributed by atoms with Gasteiger partial charge in [-0.2, -0.15) is 0 Å². The maximum absolute atomic E-state index is 10.0. The minimum absolute atomic E-state index is 0.0603. The summed E-state index contributed by atoms with van der Waals surface area (Å²) in [6, 6.07) is 0. The van der Waals surface area contributed by atoms with Crippen molar-refractivity contribution in [2.24, 2.45) is 23.2 Å². The zero-order chi connectivity index (χ0) is 9.92. The van der Waals surface area contributed by atoms with Crippen LogP contribution >= 0.6 is 22.6 Å². The zero-order valence-electron chi connectivity index (χ0n) is 8.19. The average Bonchev–Trinajstić information content (AvgIpc) is 2.12. The van der Waals surface area contributed by atoms with Crippen molar-refractivity contribution in [3.05, 3.63) is 0 Å². The molecule has 0 spiro atoms. The molecule has 2 N–H and O–H groups in total. The van der Waals surface area contributed by atoms with E-state index in [2.05, 4.69) is 22.6 Å². The Kier molecular flexibility index (Phi) is 2.16. The van der Waals surface area contributed by atoms with E-state index in [0.29, 0.717) is 11.8 Å². The molecule has 2 unspecified atom stereocenters. The Morgan fingerprint density at radius 3 is 2.21 bits per heavy atom. The average molecular weight is 308 g/mol. The molecule has 0 aromatic rings. The van der Waals surface area contributed by atoms with Crippen LogP contribution in [-0.4, -0.2) is 20.4 Å². The first-order chi connectivity index (χ1) is 6.61. The second-order valence-electron chi connectivity index (χ2n) is 5.66. The van der Waals surface area contributed by atoms with Gasteiger partial charge < -0.3 is 10.2 Å². The Bertz CT molecular complexity index is 238. The van der Waals surface area contributed by atoms with Crippen molar-refractivity contribution in [2.75, 3.05) is 0 Å². The van der Waals surface area contributed by atoms with Crippen molar-refractivity contribution < 1.29 is 10.2 Å². The van der Waals surface area contributed by atoms with Crippen molar-refractivity contribution in [1.82, 2.24) is 0 Å². The molecule has 0 aliphatic heterocycles. The Morgan fingerprint density at radius 2 is 1.71 bits per heavy atom. The third-order valence-corrected chi connectivity index (χ3v) is 6.10. The van der Waals surface area contributed by atoms with Crippen LogP contribution in [0.2, 0.25) is 0 Å². The van der Waals surface area contributed by atoms with E-state index >= 15 is 0 Å². The summed E-state index contributed by atoms with van der Waals surface area (Å²) in [6.45, 7) is 0. The maximum atomic E-state index is 10.0. The van der Waals surface area contributed by atoms with Gasteiger partial charge in [-0.3, -0.25) is 0 Å². The third-order valence-electron chi connectivity index (χ3n) is 4.78. The van der Waals surface area contributed by atoms with Gasteiger partial charge in [-0.1, -0.05) is 22.6 Å². The van der Waals surface area contributed by atoms with Gasteiger partial charge in [-0.25, -0.2) is 0 Å². The Labute approximate surface area is 98.2 Å². The number of alkyl halides is 1. The number of aliphatic hydroxyl groups is 2. The van der Waals surface area contributed by atoms with Crippen LogP contribution in [-0.2, 0) is 0 Å². The predicted octanol–water partition coefficient (Wildman–Crippen LogP) is 1.93. The van der Waals surface area contributed by atoms with Crippen LogP contribution in [0.4, 0.5) is 0 Å². The molecule has 14 heavy (non-hydrogen) atoms. The van der Waals surface area contributed by atoms with E-state index in [1.54, 1.807) is 0 Å². The Morgan fingerprint density at radius 1 is 1.14 bits per heavy atom. The summed E-state index contributed by atoms with van der Waals surface area (Å²) in [5, 5.41) is 19.9. The molecule has 4 aliphatic carbocycles. The van der Waals surface area contributed by atoms with Crippen molar-refractivity contribution in [3.8, 4) is 0 Å². The highest BCUT2D eigenvalue weighted by molar-refractivity contribution is 14.1. The molecule has 3 heteroatoms. The van der Waals surface area contributed by atoms with Crippen LogP contribution in [0.25, 0.3) is 0 Å². The van der Waals surface area contributed by atoms with Gasteiger partial charge in [-0.15, -0.1) is 0 Å². The van der Waals surface area contributed by atoms with Crippen LogP contribution in [0.5, 0.6) is 0 Å². The van der Waals surface area contributed by atoms with Gasteiger partial charge >= 0.3 is 0 Å². The van der Waals surface area contributed by atoms with Crippen molar-refractivity contribution in [3.63, 3.8) is 0 Å². The molecule has 4 aliphatic rings. The second kappa shape index (κ2) is 3.08. The molecular formula is C11H17IO2. The summed E-state index contributed by atoms with van der Waals surface area (Å²) in [6.07, 6.45) is 5.69. The second-order valence-corrected chi connectivity index (χ2v) is 6.84. The monoisotopic (exact) mass is 308 g/mol. The number of aliphatic hydroxyl groups excluding tert-OH is 2. The molecule has 0 aromatic carbocycles. The van der Waals surface area contributed by atoms with Gasteiger partial charge in [0.25, 0.3) is 0 Å². The van der Waals surface area contributed by atoms with E-state index in [1.165, 1.54) is 19.3 Å². The van der Waals surface area contributed by atoms with Gasteiger partial charge in [0, 0.05) is 5.41 Å². The SMILES string of the molecule is OC1C2CC3CC1CC([C@H](O)I)(C3)C2. The first-order valence-electron chi connectivity index (χ1n) is 5.61. The summed E-state index contributed by atoms with van der Waals surface area (Å²) in [5.74, 6) is 1.77. The van der Waals surface area contributed by atoms with E-state index in [4.69, 9.17) is 0 Å². The van der Waals surface area contributed by atoms with Crippen LogP contribution in [0, 0.1) is 23.2 Å². The highest BCUT2D eigenvalue weighted by Crippen LogP contribution is 2.62. The molecule has 4 bridgehead atoms. The number of hydrogen-bond acceptors (Lipinski definition) is 2. The largest absolute Gasteiger partial charge is 0.393 e.